The van der Waals surface area contributed by atoms with Gasteiger partial charge in [0, 0.05) is 17.8 Å². The Balaban J connectivity index is 1.47. The Morgan fingerprint density at radius 2 is 2.11 bits per heavy atom. The molecule has 144 valence electrons. The number of aromatic nitrogens is 3. The molecule has 0 aliphatic rings. The smallest absolute Gasteiger partial charge is 0.262 e. The van der Waals surface area contributed by atoms with Crippen LogP contribution in [0.5, 0.6) is 5.75 Å². The van der Waals surface area contributed by atoms with Crippen molar-refractivity contribution in [1.29, 1.82) is 0 Å². The first-order chi connectivity index (χ1) is 13.5. The molecule has 3 heterocycles. The number of amides is 1. The standard InChI is InChI=1S/C19H18N4O3S2/c1-10-11(2)27-17-16(10)18(25)23(9-20-17)7-6-15(24)22-19-21-13-5-4-12(26-3)8-14(13)28-19/h4-5,8-9H,6-7H2,1-3H3,(H,21,22,24). The van der Waals surface area contributed by atoms with Crippen molar-refractivity contribution in [3.8, 4) is 5.75 Å². The van der Waals surface area contributed by atoms with Crippen LogP contribution in [-0.4, -0.2) is 27.6 Å². The number of anilines is 1. The summed E-state index contributed by atoms with van der Waals surface area (Å²) in [5.41, 5.74) is 1.66. The Morgan fingerprint density at radius 3 is 2.89 bits per heavy atom. The van der Waals surface area contributed by atoms with E-state index in [2.05, 4.69) is 15.3 Å². The van der Waals surface area contributed by atoms with Crippen molar-refractivity contribution in [1.82, 2.24) is 14.5 Å². The van der Waals surface area contributed by atoms with Gasteiger partial charge < -0.3 is 10.1 Å². The maximum absolute atomic E-state index is 12.7. The van der Waals surface area contributed by atoms with E-state index in [1.54, 1.807) is 7.11 Å². The fraction of sp³-hybridized carbons (Fsp3) is 0.263. The van der Waals surface area contributed by atoms with Gasteiger partial charge in [-0.15, -0.1) is 11.3 Å². The summed E-state index contributed by atoms with van der Waals surface area (Å²) in [5.74, 6) is 0.548. The second-order valence-corrected chi connectivity index (χ2v) is 8.59. The van der Waals surface area contributed by atoms with Crippen LogP contribution in [-0.2, 0) is 11.3 Å². The van der Waals surface area contributed by atoms with E-state index in [1.807, 2.05) is 32.0 Å². The molecular formula is C19H18N4O3S2. The summed E-state index contributed by atoms with van der Waals surface area (Å²) >= 11 is 2.90. The van der Waals surface area contributed by atoms with Gasteiger partial charge in [-0.2, -0.15) is 0 Å². The Bertz CT molecular complexity index is 1260. The number of nitrogens with zero attached hydrogens (tertiary/aromatic N) is 3. The summed E-state index contributed by atoms with van der Waals surface area (Å²) in [6.45, 7) is 4.17. The van der Waals surface area contributed by atoms with E-state index in [9.17, 15) is 9.59 Å². The number of nitrogens with one attached hydrogen (secondary N) is 1. The van der Waals surface area contributed by atoms with E-state index in [-0.39, 0.29) is 24.4 Å². The lowest BCUT2D eigenvalue weighted by Crippen LogP contribution is -2.23. The average molecular weight is 415 g/mol. The molecule has 3 aromatic heterocycles. The second kappa shape index (κ2) is 7.33. The Hall–Kier alpha value is -2.78. The van der Waals surface area contributed by atoms with Crippen molar-refractivity contribution in [2.24, 2.45) is 0 Å². The summed E-state index contributed by atoms with van der Waals surface area (Å²) in [6.07, 6.45) is 1.67. The number of thiophene rings is 1. The van der Waals surface area contributed by atoms with Gasteiger partial charge in [0.2, 0.25) is 5.91 Å². The van der Waals surface area contributed by atoms with Crippen molar-refractivity contribution < 1.29 is 9.53 Å². The molecular weight excluding hydrogens is 396 g/mol. The molecule has 0 spiro atoms. The molecule has 0 radical (unpaired) electrons. The molecule has 0 saturated carbocycles. The minimum atomic E-state index is -0.198. The lowest BCUT2D eigenvalue weighted by Gasteiger charge is -2.05. The molecule has 1 N–H and O–H groups in total. The molecule has 4 aromatic rings. The number of methoxy groups -OCH3 is 1. The molecule has 0 aliphatic carbocycles. The highest BCUT2D eigenvalue weighted by molar-refractivity contribution is 7.22. The van der Waals surface area contributed by atoms with Gasteiger partial charge >= 0.3 is 0 Å². The van der Waals surface area contributed by atoms with Crippen molar-refractivity contribution in [2.75, 3.05) is 12.4 Å². The summed E-state index contributed by atoms with van der Waals surface area (Å²) in [6, 6.07) is 5.57. The number of hydrogen-bond donors (Lipinski definition) is 1. The Labute approximate surface area is 168 Å². The van der Waals surface area contributed by atoms with Gasteiger partial charge in [0.15, 0.2) is 5.13 Å². The third-order valence-electron chi connectivity index (χ3n) is 4.58. The van der Waals surface area contributed by atoms with Crippen molar-refractivity contribution in [3.05, 3.63) is 45.3 Å². The largest absolute Gasteiger partial charge is 0.497 e. The third-order valence-corrected chi connectivity index (χ3v) is 6.63. The number of carbonyl (C=O) groups is 1. The molecule has 1 aromatic carbocycles. The molecule has 0 fully saturated rings. The van der Waals surface area contributed by atoms with Crippen molar-refractivity contribution in [3.63, 3.8) is 0 Å². The van der Waals surface area contributed by atoms with E-state index < -0.39 is 0 Å². The maximum atomic E-state index is 12.7. The zero-order chi connectivity index (χ0) is 19.8. The lowest BCUT2D eigenvalue weighted by atomic mass is 10.2. The van der Waals surface area contributed by atoms with Crippen LogP contribution in [0.15, 0.2) is 29.3 Å². The monoisotopic (exact) mass is 414 g/mol. The van der Waals surface area contributed by atoms with Gasteiger partial charge in [-0.3, -0.25) is 14.2 Å². The maximum Gasteiger partial charge on any atom is 0.262 e. The van der Waals surface area contributed by atoms with Crippen LogP contribution in [0.2, 0.25) is 0 Å². The highest BCUT2D eigenvalue weighted by Gasteiger charge is 2.13. The number of hydrogen-bond acceptors (Lipinski definition) is 7. The minimum Gasteiger partial charge on any atom is -0.497 e. The summed E-state index contributed by atoms with van der Waals surface area (Å²) in [7, 11) is 1.61. The molecule has 0 saturated heterocycles. The molecule has 28 heavy (non-hydrogen) atoms. The molecule has 4 rings (SSSR count). The fourth-order valence-corrected chi connectivity index (χ4v) is 4.82. The number of fused-ring (bicyclic) bond motifs is 2. The fourth-order valence-electron chi connectivity index (χ4n) is 2.92. The summed E-state index contributed by atoms with van der Waals surface area (Å²) in [4.78, 5) is 35.6. The first-order valence-corrected chi connectivity index (χ1v) is 10.3. The molecule has 7 nitrogen and oxygen atoms in total. The molecule has 0 atom stereocenters. The lowest BCUT2D eigenvalue weighted by molar-refractivity contribution is -0.116. The predicted molar refractivity (Wildman–Crippen MR) is 113 cm³/mol. The van der Waals surface area contributed by atoms with Gasteiger partial charge in [-0.25, -0.2) is 9.97 Å². The summed E-state index contributed by atoms with van der Waals surface area (Å²) in [5, 5.41) is 3.98. The number of ether oxygens (including phenoxy) is 1. The van der Waals surface area contributed by atoms with E-state index in [4.69, 9.17) is 4.74 Å². The Kier molecular flexibility index (Phi) is 4.86. The van der Waals surface area contributed by atoms with E-state index in [0.29, 0.717) is 10.5 Å². The Morgan fingerprint density at radius 1 is 1.29 bits per heavy atom. The van der Waals surface area contributed by atoms with Crippen molar-refractivity contribution in [2.45, 2.75) is 26.8 Å². The van der Waals surface area contributed by atoms with E-state index >= 15 is 0 Å². The van der Waals surface area contributed by atoms with Gasteiger partial charge in [-0.1, -0.05) is 11.3 Å². The normalized spacial score (nSPS) is 11.2. The topological polar surface area (TPSA) is 86.1 Å². The van der Waals surface area contributed by atoms with Crippen LogP contribution in [0.1, 0.15) is 16.9 Å². The van der Waals surface area contributed by atoms with Gasteiger partial charge in [0.1, 0.15) is 10.6 Å². The average Bonchev–Trinajstić information content (AvgIpc) is 3.20. The quantitative estimate of drug-likeness (QED) is 0.538. The zero-order valence-electron chi connectivity index (χ0n) is 15.6. The van der Waals surface area contributed by atoms with Crippen molar-refractivity contribution >= 4 is 54.1 Å². The molecule has 0 aliphatic heterocycles. The number of thiazole rings is 1. The first kappa shape index (κ1) is 18.6. The SMILES string of the molecule is COc1ccc2nc(NC(=O)CCn3cnc4sc(C)c(C)c4c3=O)sc2c1. The molecule has 9 heteroatoms. The van der Waals surface area contributed by atoms with Crippen LogP contribution < -0.4 is 15.6 Å². The van der Waals surface area contributed by atoms with Crippen LogP contribution >= 0.6 is 22.7 Å². The number of rotatable bonds is 5. The van der Waals surface area contributed by atoms with Crippen LogP contribution in [0.3, 0.4) is 0 Å². The first-order valence-electron chi connectivity index (χ1n) is 8.66. The van der Waals surface area contributed by atoms with Crippen LogP contribution in [0, 0.1) is 13.8 Å². The molecule has 0 bridgehead atoms. The number of aryl methyl sites for hydroxylation is 3. The van der Waals surface area contributed by atoms with Crippen LogP contribution in [0.4, 0.5) is 5.13 Å². The summed E-state index contributed by atoms with van der Waals surface area (Å²) < 4.78 is 7.63. The molecule has 1 amide bonds. The van der Waals surface area contributed by atoms with Crippen LogP contribution in [0.25, 0.3) is 20.4 Å². The third kappa shape index (κ3) is 3.38. The minimum absolute atomic E-state index is 0.105. The molecule has 0 unspecified atom stereocenters. The van der Waals surface area contributed by atoms with E-state index in [1.165, 1.54) is 33.6 Å². The zero-order valence-corrected chi connectivity index (χ0v) is 17.2. The number of benzene rings is 1. The number of carbonyl (C=O) groups excluding carboxylic acids is 1. The predicted octanol–water partition coefficient (Wildman–Crippen LogP) is 3.72. The second-order valence-electron chi connectivity index (χ2n) is 6.36. The van der Waals surface area contributed by atoms with Gasteiger partial charge in [0.05, 0.1) is 29.0 Å². The van der Waals surface area contributed by atoms with Gasteiger partial charge in [-0.05, 0) is 37.6 Å². The van der Waals surface area contributed by atoms with Gasteiger partial charge in [0.25, 0.3) is 5.56 Å². The highest BCUT2D eigenvalue weighted by Crippen LogP contribution is 2.29. The van der Waals surface area contributed by atoms with E-state index in [0.717, 1.165) is 31.2 Å². The highest BCUT2D eigenvalue weighted by atomic mass is 32.1.